The van der Waals surface area contributed by atoms with E-state index in [9.17, 15) is 0 Å². The average molecular weight is 692 g/mol. The molecule has 4 aromatic carbocycles. The van der Waals surface area contributed by atoms with Gasteiger partial charge in [0, 0.05) is 22.9 Å². The summed E-state index contributed by atoms with van der Waals surface area (Å²) in [6.45, 7) is 10.2. The van der Waals surface area contributed by atoms with Crippen LogP contribution in [0.25, 0.3) is 21.9 Å². The molecule has 7 nitrogen and oxygen atoms in total. The zero-order valence-corrected chi connectivity index (χ0v) is 30.8. The van der Waals surface area contributed by atoms with E-state index in [0.29, 0.717) is 24.8 Å². The third-order valence-electron chi connectivity index (χ3n) is 9.34. The number of nitrogens with two attached hydrogens (primary N) is 1. The van der Waals surface area contributed by atoms with Gasteiger partial charge in [-0.2, -0.15) is 4.98 Å². The van der Waals surface area contributed by atoms with Crippen LogP contribution in [-0.4, -0.2) is 42.6 Å². The molecule has 1 unspecified atom stereocenters. The van der Waals surface area contributed by atoms with Crippen LogP contribution in [0.3, 0.4) is 0 Å². The molecule has 254 valence electrons. The zero-order chi connectivity index (χ0) is 34.6. The minimum absolute atomic E-state index is 0.0373. The molecular weight excluding hydrogens is 646 g/mol. The first kappa shape index (κ1) is 34.5. The molecule has 0 aliphatic rings. The van der Waals surface area contributed by atoms with Crippen LogP contribution < -0.4 is 26.2 Å². The van der Waals surface area contributed by atoms with Gasteiger partial charge in [0.15, 0.2) is 5.82 Å². The lowest BCUT2D eigenvalue weighted by molar-refractivity contribution is 0.273. The van der Waals surface area contributed by atoms with Gasteiger partial charge in [-0.15, -0.1) is 11.6 Å². The smallest absolute Gasteiger partial charge is 0.261 e. The number of hydrogen-bond acceptors (Lipinski definition) is 6. The number of methoxy groups -OCH3 is 1. The molecule has 0 fully saturated rings. The van der Waals surface area contributed by atoms with Gasteiger partial charge in [0.2, 0.25) is 5.95 Å². The van der Waals surface area contributed by atoms with Gasteiger partial charge in [0.05, 0.1) is 25.8 Å². The fraction of sp³-hybridized carbons (Fsp3) is 0.300. The summed E-state index contributed by atoms with van der Waals surface area (Å²) in [4.78, 5) is 9.63. The number of nitrogens with one attached hydrogen (secondary N) is 1. The highest BCUT2D eigenvalue weighted by molar-refractivity contribution is 6.99. The van der Waals surface area contributed by atoms with Gasteiger partial charge in [-0.05, 0) is 45.6 Å². The number of fused-ring (bicyclic) bond motifs is 3. The molecule has 1 atom stereocenters. The molecule has 0 aliphatic heterocycles. The Labute approximate surface area is 295 Å². The van der Waals surface area contributed by atoms with Crippen LogP contribution in [0.1, 0.15) is 51.7 Å². The number of para-hydroxylation sites is 1. The van der Waals surface area contributed by atoms with Crippen molar-refractivity contribution in [2.75, 3.05) is 24.8 Å². The summed E-state index contributed by atoms with van der Waals surface area (Å²) in [6.07, 6.45) is 1.85. The molecule has 0 bridgehead atoms. The predicted molar refractivity (Wildman–Crippen MR) is 207 cm³/mol. The van der Waals surface area contributed by atoms with Crippen LogP contribution in [0.4, 0.5) is 11.8 Å². The first-order valence-electron chi connectivity index (χ1n) is 17.0. The number of benzene rings is 4. The van der Waals surface area contributed by atoms with Crippen molar-refractivity contribution in [2.45, 2.75) is 64.0 Å². The van der Waals surface area contributed by atoms with E-state index in [4.69, 9.17) is 36.5 Å². The number of nitrogen functional groups attached to an aromatic ring is 1. The van der Waals surface area contributed by atoms with Crippen molar-refractivity contribution in [1.82, 2.24) is 14.5 Å². The van der Waals surface area contributed by atoms with Gasteiger partial charge in [0.25, 0.3) is 8.32 Å². The molecular formula is C40H46ClN5O2Si. The van der Waals surface area contributed by atoms with Crippen molar-refractivity contribution in [1.29, 1.82) is 0 Å². The van der Waals surface area contributed by atoms with Crippen molar-refractivity contribution in [3.8, 4) is 5.75 Å². The van der Waals surface area contributed by atoms with Gasteiger partial charge in [-0.3, -0.25) is 0 Å². The molecule has 49 heavy (non-hydrogen) atoms. The SMILES string of the molecule is CCCC(CO[Si](c1ccccc1)(c1ccccc1)C(C)(C)C)Nc1nc(N)nc2c3ccccc3n(Cc3cc(CCl)ccc3OC)c12. The topological polar surface area (TPSA) is 87.2 Å². The van der Waals surface area contributed by atoms with E-state index < -0.39 is 8.32 Å². The van der Waals surface area contributed by atoms with Gasteiger partial charge >= 0.3 is 0 Å². The van der Waals surface area contributed by atoms with E-state index >= 15 is 0 Å². The molecule has 0 saturated heterocycles. The molecule has 0 radical (unpaired) electrons. The quantitative estimate of drug-likeness (QED) is 0.0940. The van der Waals surface area contributed by atoms with Crippen molar-refractivity contribution in [2.24, 2.45) is 0 Å². The molecule has 2 heterocycles. The number of hydrogen-bond donors (Lipinski definition) is 2. The Morgan fingerprint density at radius 3 is 2.16 bits per heavy atom. The highest BCUT2D eigenvalue weighted by Crippen LogP contribution is 2.38. The van der Waals surface area contributed by atoms with E-state index in [1.807, 2.05) is 24.3 Å². The number of aromatic nitrogens is 3. The lowest BCUT2D eigenvalue weighted by atomic mass is 10.1. The predicted octanol–water partition coefficient (Wildman–Crippen LogP) is 8.12. The van der Waals surface area contributed by atoms with Crippen molar-refractivity contribution in [3.05, 3.63) is 114 Å². The Kier molecular flexibility index (Phi) is 10.3. The highest BCUT2D eigenvalue weighted by Gasteiger charge is 2.50. The number of rotatable bonds is 13. The Morgan fingerprint density at radius 2 is 1.55 bits per heavy atom. The first-order chi connectivity index (χ1) is 23.7. The summed E-state index contributed by atoms with van der Waals surface area (Å²) in [7, 11) is -1.06. The van der Waals surface area contributed by atoms with Crippen molar-refractivity contribution >= 4 is 64.0 Å². The van der Waals surface area contributed by atoms with E-state index in [1.54, 1.807) is 7.11 Å². The van der Waals surface area contributed by atoms with E-state index in [0.717, 1.165) is 51.7 Å². The molecule has 0 amide bonds. The lowest BCUT2D eigenvalue weighted by Crippen LogP contribution is -2.67. The Balaban J connectivity index is 1.45. The third kappa shape index (κ3) is 6.78. The van der Waals surface area contributed by atoms with Gasteiger partial charge in [-0.25, -0.2) is 4.98 Å². The minimum Gasteiger partial charge on any atom is -0.496 e. The van der Waals surface area contributed by atoms with Gasteiger partial charge in [0.1, 0.15) is 16.8 Å². The van der Waals surface area contributed by atoms with Crippen LogP contribution in [0.2, 0.25) is 5.04 Å². The molecule has 3 N–H and O–H groups in total. The third-order valence-corrected chi connectivity index (χ3v) is 14.7. The normalized spacial score (nSPS) is 12.8. The maximum absolute atomic E-state index is 7.40. The highest BCUT2D eigenvalue weighted by atomic mass is 35.5. The second-order valence-electron chi connectivity index (χ2n) is 13.6. The summed E-state index contributed by atoms with van der Waals surface area (Å²) < 4.78 is 15.5. The van der Waals surface area contributed by atoms with Crippen LogP contribution in [0, 0.1) is 0 Å². The van der Waals surface area contributed by atoms with Gasteiger partial charge in [-0.1, -0.05) is 119 Å². The molecule has 2 aromatic heterocycles. The molecule has 0 spiro atoms. The fourth-order valence-electron chi connectivity index (χ4n) is 7.15. The largest absolute Gasteiger partial charge is 0.496 e. The number of alkyl halides is 1. The van der Waals surface area contributed by atoms with Crippen LogP contribution in [0.5, 0.6) is 5.75 Å². The monoisotopic (exact) mass is 691 g/mol. The molecule has 6 rings (SSSR count). The maximum atomic E-state index is 7.40. The average Bonchev–Trinajstić information content (AvgIpc) is 3.41. The maximum Gasteiger partial charge on any atom is 0.261 e. The first-order valence-corrected chi connectivity index (χ1v) is 19.4. The van der Waals surface area contributed by atoms with E-state index in [1.165, 1.54) is 10.4 Å². The van der Waals surface area contributed by atoms with Gasteiger partial charge < -0.3 is 24.8 Å². The van der Waals surface area contributed by atoms with Crippen LogP contribution in [0.15, 0.2) is 103 Å². The van der Waals surface area contributed by atoms with Crippen LogP contribution >= 0.6 is 11.6 Å². The molecule has 9 heteroatoms. The Hall–Kier alpha value is -4.37. The molecule has 6 aromatic rings. The number of halogens is 1. The van der Waals surface area contributed by atoms with Crippen LogP contribution in [-0.2, 0) is 16.9 Å². The summed E-state index contributed by atoms with van der Waals surface area (Å²) >= 11 is 6.26. The molecule has 0 aliphatic carbocycles. The summed E-state index contributed by atoms with van der Waals surface area (Å²) in [5.41, 5.74) is 11.2. The molecule has 0 saturated carbocycles. The fourth-order valence-corrected chi connectivity index (χ4v) is 11.9. The number of nitrogens with zero attached hydrogens (tertiary/aromatic N) is 3. The Morgan fingerprint density at radius 1 is 0.898 bits per heavy atom. The lowest BCUT2D eigenvalue weighted by Gasteiger charge is -2.43. The summed E-state index contributed by atoms with van der Waals surface area (Å²) in [5, 5.41) is 7.21. The van der Waals surface area contributed by atoms with E-state index in [-0.39, 0.29) is 17.0 Å². The second kappa shape index (κ2) is 14.6. The summed E-state index contributed by atoms with van der Waals surface area (Å²) in [6, 6.07) is 35.9. The zero-order valence-electron chi connectivity index (χ0n) is 29.0. The number of ether oxygens (including phenoxy) is 1. The standard InChI is InChI=1S/C40H46ClN5O2Si/c1-6-15-30(27-48-49(40(2,3)4,31-16-9-7-10-17-31)32-18-11-8-12-19-32)43-38-37-36(44-39(42)45-38)33-20-13-14-21-34(33)46(37)26-29-24-28(25-41)22-23-35(29)47-5/h7-14,16-24,30H,6,15,25-27H2,1-5H3,(H3,42,43,44,45). The second-order valence-corrected chi connectivity index (χ2v) is 18.2. The van der Waals surface area contributed by atoms with Crippen molar-refractivity contribution in [3.63, 3.8) is 0 Å². The Bertz CT molecular complexity index is 1990. The van der Waals surface area contributed by atoms with Crippen molar-refractivity contribution < 1.29 is 9.16 Å². The van der Waals surface area contributed by atoms with E-state index in [2.05, 4.69) is 116 Å². The number of anilines is 2. The minimum atomic E-state index is -2.76. The summed E-state index contributed by atoms with van der Waals surface area (Å²) in [5.74, 6) is 2.13.